The third kappa shape index (κ3) is 0.274. The number of hydrogen-bond donors (Lipinski definition) is 0. The van der Waals surface area contributed by atoms with Gasteiger partial charge in [-0.25, -0.2) is 8.78 Å². The Kier molecular flexibility index (Phi) is 0.341. The summed E-state index contributed by atoms with van der Waals surface area (Å²) in [5, 5.41) is 0. The van der Waals surface area contributed by atoms with Gasteiger partial charge in [-0.15, -0.1) is 0 Å². The monoisotopic (exact) mass is 104 g/mol. The quantitative estimate of drug-likeness (QED) is 0.438. The lowest BCUT2D eigenvalue weighted by Crippen LogP contribution is -2.66. The molecule has 0 amide bonds. The molecule has 0 nitrogen and oxygen atoms in total. The van der Waals surface area contributed by atoms with E-state index < -0.39 is 11.3 Å². The molecule has 3 saturated carbocycles. The first kappa shape index (κ1) is 3.81. The van der Waals surface area contributed by atoms with E-state index in [0.29, 0.717) is 0 Å². The summed E-state index contributed by atoms with van der Waals surface area (Å²) in [6, 6.07) is 0. The van der Waals surface area contributed by atoms with Gasteiger partial charge in [0.05, 0.1) is 0 Å². The number of halogens is 2. The average molecular weight is 104 g/mol. The predicted octanol–water partition coefficient (Wildman–Crippen LogP) is 1.60. The molecule has 0 atom stereocenters. The van der Waals surface area contributed by atoms with Crippen molar-refractivity contribution in [2.45, 2.75) is 30.6 Å². The fourth-order valence-corrected chi connectivity index (χ4v) is 1.55. The van der Waals surface area contributed by atoms with Gasteiger partial charge in [-0.05, 0) is 0 Å². The Labute approximate surface area is 40.5 Å². The highest BCUT2D eigenvalue weighted by Crippen LogP contribution is 2.65. The molecule has 0 aromatic carbocycles. The Bertz CT molecular complexity index is 87.5. The van der Waals surface area contributed by atoms with E-state index in [-0.39, 0.29) is 19.3 Å². The van der Waals surface area contributed by atoms with Crippen molar-refractivity contribution in [3.05, 3.63) is 0 Å². The SMILES string of the molecule is FC12CC(F)(C1)C2. The summed E-state index contributed by atoms with van der Waals surface area (Å²) < 4.78 is 24.6. The average Bonchev–Trinajstić information content (AvgIpc) is 1.27. The van der Waals surface area contributed by atoms with E-state index in [1.165, 1.54) is 0 Å². The van der Waals surface area contributed by atoms with Gasteiger partial charge in [0.1, 0.15) is 11.3 Å². The zero-order chi connectivity index (χ0) is 5.12. The summed E-state index contributed by atoms with van der Waals surface area (Å²) >= 11 is 0. The van der Waals surface area contributed by atoms with Crippen molar-refractivity contribution in [1.82, 2.24) is 0 Å². The van der Waals surface area contributed by atoms with Gasteiger partial charge in [0.15, 0.2) is 0 Å². The second-order valence-electron chi connectivity index (χ2n) is 2.83. The van der Waals surface area contributed by atoms with E-state index >= 15 is 0 Å². The van der Waals surface area contributed by atoms with Gasteiger partial charge in [0.25, 0.3) is 0 Å². The molecule has 3 rings (SSSR count). The lowest BCUT2D eigenvalue weighted by atomic mass is 9.51. The molecule has 2 heteroatoms. The van der Waals surface area contributed by atoms with Crippen LogP contribution in [0.2, 0.25) is 0 Å². The van der Waals surface area contributed by atoms with Crippen molar-refractivity contribution in [3.63, 3.8) is 0 Å². The van der Waals surface area contributed by atoms with E-state index in [2.05, 4.69) is 0 Å². The summed E-state index contributed by atoms with van der Waals surface area (Å²) in [6.07, 6.45) is 0.542. The van der Waals surface area contributed by atoms with Crippen LogP contribution in [0.25, 0.3) is 0 Å². The zero-order valence-electron chi connectivity index (χ0n) is 3.88. The maximum absolute atomic E-state index is 12.3. The van der Waals surface area contributed by atoms with Gasteiger partial charge < -0.3 is 0 Å². The fourth-order valence-electron chi connectivity index (χ4n) is 1.55. The zero-order valence-corrected chi connectivity index (χ0v) is 3.88. The van der Waals surface area contributed by atoms with Crippen LogP contribution in [0.3, 0.4) is 0 Å². The minimum Gasteiger partial charge on any atom is -0.244 e. The molecular weight excluding hydrogens is 98.1 g/mol. The highest BCUT2D eigenvalue weighted by Gasteiger charge is 2.70. The number of hydrogen-bond acceptors (Lipinski definition) is 0. The molecule has 0 aromatic rings. The first-order valence-corrected chi connectivity index (χ1v) is 2.50. The van der Waals surface area contributed by atoms with Crippen LogP contribution < -0.4 is 0 Å². The van der Waals surface area contributed by atoms with Gasteiger partial charge in [-0.2, -0.15) is 0 Å². The molecule has 40 valence electrons. The van der Waals surface area contributed by atoms with E-state index in [0.717, 1.165) is 0 Å². The molecule has 0 heterocycles. The molecule has 3 aliphatic carbocycles. The molecule has 2 bridgehead atoms. The predicted molar refractivity (Wildman–Crippen MR) is 21.5 cm³/mol. The van der Waals surface area contributed by atoms with Crippen molar-refractivity contribution < 1.29 is 8.78 Å². The molecular formula is C5H6F2. The molecule has 0 saturated heterocycles. The summed E-state index contributed by atoms with van der Waals surface area (Å²) in [4.78, 5) is 0. The summed E-state index contributed by atoms with van der Waals surface area (Å²) in [6.45, 7) is 0. The maximum atomic E-state index is 12.3. The second-order valence-corrected chi connectivity index (χ2v) is 2.83. The van der Waals surface area contributed by atoms with Gasteiger partial charge >= 0.3 is 0 Å². The summed E-state index contributed by atoms with van der Waals surface area (Å²) in [5.41, 5.74) is -2.09. The topological polar surface area (TPSA) is 0 Å². The van der Waals surface area contributed by atoms with Crippen LogP contribution >= 0.6 is 0 Å². The van der Waals surface area contributed by atoms with Crippen molar-refractivity contribution in [2.75, 3.05) is 0 Å². The van der Waals surface area contributed by atoms with Crippen LogP contribution in [-0.4, -0.2) is 11.3 Å². The van der Waals surface area contributed by atoms with E-state index in [1.54, 1.807) is 0 Å². The molecule has 0 N–H and O–H groups in total. The minimum atomic E-state index is -1.05. The van der Waals surface area contributed by atoms with Crippen LogP contribution in [0.15, 0.2) is 0 Å². The van der Waals surface area contributed by atoms with Crippen LogP contribution in [-0.2, 0) is 0 Å². The van der Waals surface area contributed by atoms with Gasteiger partial charge in [0, 0.05) is 19.3 Å². The van der Waals surface area contributed by atoms with E-state index in [4.69, 9.17) is 0 Å². The molecule has 0 aliphatic heterocycles. The lowest BCUT2D eigenvalue weighted by Gasteiger charge is -2.60. The van der Waals surface area contributed by atoms with Crippen LogP contribution in [0.5, 0.6) is 0 Å². The van der Waals surface area contributed by atoms with Crippen molar-refractivity contribution in [2.24, 2.45) is 0 Å². The first-order valence-electron chi connectivity index (χ1n) is 2.50. The molecule has 7 heavy (non-hydrogen) atoms. The minimum absolute atomic E-state index is 0.181. The smallest absolute Gasteiger partial charge is 0.120 e. The molecule has 0 aromatic heterocycles. The fraction of sp³-hybridized carbons (Fsp3) is 1.00. The Morgan fingerprint density at radius 3 is 1.14 bits per heavy atom. The Hall–Kier alpha value is -0.140. The van der Waals surface area contributed by atoms with Gasteiger partial charge in [0.2, 0.25) is 0 Å². The summed E-state index contributed by atoms with van der Waals surface area (Å²) in [5.74, 6) is 0. The van der Waals surface area contributed by atoms with Gasteiger partial charge in [-0.1, -0.05) is 0 Å². The van der Waals surface area contributed by atoms with Crippen LogP contribution in [0.4, 0.5) is 8.78 Å². The van der Waals surface area contributed by atoms with E-state index in [9.17, 15) is 8.78 Å². The molecule has 0 spiro atoms. The standard InChI is InChI=1S/C5H6F2/c6-4-1-5(7,2-4)3-4/h1-3H2. The second kappa shape index (κ2) is 0.627. The Morgan fingerprint density at radius 2 is 1.14 bits per heavy atom. The summed E-state index contributed by atoms with van der Waals surface area (Å²) in [7, 11) is 0. The number of alkyl halides is 2. The Balaban J connectivity index is 2.16. The van der Waals surface area contributed by atoms with Crippen LogP contribution in [0, 0.1) is 0 Å². The molecule has 0 radical (unpaired) electrons. The van der Waals surface area contributed by atoms with Gasteiger partial charge in [-0.3, -0.25) is 0 Å². The maximum Gasteiger partial charge on any atom is 0.120 e. The van der Waals surface area contributed by atoms with Crippen LogP contribution in [0.1, 0.15) is 19.3 Å². The third-order valence-corrected chi connectivity index (χ3v) is 1.90. The Morgan fingerprint density at radius 1 is 0.857 bits per heavy atom. The lowest BCUT2D eigenvalue weighted by molar-refractivity contribution is -0.220. The third-order valence-electron chi connectivity index (χ3n) is 1.90. The normalized spacial score (nSPS) is 66.0. The van der Waals surface area contributed by atoms with Crippen molar-refractivity contribution >= 4 is 0 Å². The first-order chi connectivity index (χ1) is 3.12. The number of rotatable bonds is 0. The molecule has 3 aliphatic rings. The van der Waals surface area contributed by atoms with Crippen molar-refractivity contribution in [3.8, 4) is 0 Å². The van der Waals surface area contributed by atoms with Crippen molar-refractivity contribution in [1.29, 1.82) is 0 Å². The highest BCUT2D eigenvalue weighted by atomic mass is 19.2. The molecule has 0 unspecified atom stereocenters. The highest BCUT2D eigenvalue weighted by molar-refractivity contribution is 5.20. The largest absolute Gasteiger partial charge is 0.244 e. The van der Waals surface area contributed by atoms with E-state index in [1.807, 2.05) is 0 Å². The molecule has 3 fully saturated rings.